The first-order valence-corrected chi connectivity index (χ1v) is 0. The van der Waals surface area contributed by atoms with Crippen LogP contribution in [0.15, 0.2) is 0 Å². The highest BCUT2D eigenvalue weighted by Crippen LogP contribution is 0.691. The van der Waals surface area contributed by atoms with Crippen molar-refractivity contribution in [3.63, 3.8) is 0 Å². The molecule has 8 heteroatoms. The summed E-state index contributed by atoms with van der Waals surface area (Å²) >= 11 is 0. The Morgan fingerprint density at radius 2 is 0.250 bits per heavy atom. The van der Waals surface area contributed by atoms with Crippen LogP contribution in [0.2, 0.25) is 0 Å². The molecule has 0 aromatic rings. The predicted molar refractivity (Wildman–Crippen MR) is 44.6 cm³/mol. The van der Waals surface area contributed by atoms with Gasteiger partial charge in [0.15, 0.2) is 0 Å². The highest BCUT2D eigenvalue weighted by atomic mass is 35.5. The van der Waals surface area contributed by atoms with Crippen LogP contribution in [0.5, 0.6) is 0 Å². The van der Waals surface area contributed by atoms with Crippen LogP contribution in [-0.4, -0.2) is 0 Å². The molecule has 6 nitrogen and oxygen atoms in total. The summed E-state index contributed by atoms with van der Waals surface area (Å²) in [5.74, 6) is 0. The molecule has 0 aliphatic heterocycles. The van der Waals surface area contributed by atoms with Crippen LogP contribution in [0, 0.1) is 0 Å². The highest BCUT2D eigenvalue weighted by molar-refractivity contribution is 5.85. The lowest BCUT2D eigenvalue weighted by molar-refractivity contribution is 2.13. The van der Waals surface area contributed by atoms with Gasteiger partial charge in [-0.3, -0.25) is 0 Å². The largest absolute Gasteiger partial charge is 0.344 e. The molecule has 0 aliphatic rings. The van der Waals surface area contributed by atoms with Gasteiger partial charge in [0.1, 0.15) is 0 Å². The van der Waals surface area contributed by atoms with Crippen molar-refractivity contribution in [2.75, 3.05) is 0 Å². The fraction of sp³-hybridized carbons (Fsp3) is 0. The van der Waals surface area contributed by atoms with Crippen molar-refractivity contribution < 1.29 is 0 Å². The van der Waals surface area contributed by atoms with E-state index in [-0.39, 0.29) is 61.7 Å². The van der Waals surface area contributed by atoms with Crippen molar-refractivity contribution in [2.24, 2.45) is 0 Å². The van der Waals surface area contributed by atoms with Gasteiger partial charge in [-0.15, -0.1) is 24.8 Å². The van der Waals surface area contributed by atoms with E-state index in [4.69, 9.17) is 0 Å². The summed E-state index contributed by atoms with van der Waals surface area (Å²) in [6.45, 7) is 0. The van der Waals surface area contributed by atoms with Crippen LogP contribution < -0.4 is 36.9 Å². The minimum Gasteiger partial charge on any atom is -0.344 e. The SMILES string of the molecule is Cl.Cl.N.N.N.N.N.N. The van der Waals surface area contributed by atoms with Gasteiger partial charge in [0, 0.05) is 0 Å². The van der Waals surface area contributed by atoms with Gasteiger partial charge in [-0.1, -0.05) is 0 Å². The molecule has 18 N–H and O–H groups in total. The van der Waals surface area contributed by atoms with Crippen molar-refractivity contribution in [1.82, 2.24) is 36.9 Å². The van der Waals surface area contributed by atoms with E-state index in [2.05, 4.69) is 0 Å². The lowest BCUT2D eigenvalue weighted by Gasteiger charge is -0.345. The quantitative estimate of drug-likeness (QED) is 0.322. The smallest absolute Gasteiger partial charge is 0.147 e. The number of hydrogen-bond donors (Lipinski definition) is 6. The normalized spacial score (nSPS) is 0. The number of hydrogen-bond acceptors (Lipinski definition) is 6. The summed E-state index contributed by atoms with van der Waals surface area (Å²) in [5, 5.41) is 0. The topological polar surface area (TPSA) is 210 Å². The van der Waals surface area contributed by atoms with Gasteiger partial charge in [-0.2, -0.15) is 0 Å². The van der Waals surface area contributed by atoms with Crippen molar-refractivity contribution in [2.45, 2.75) is 0 Å². The Bertz CT molecular complexity index is 6.49. The second kappa shape index (κ2) is 2550. The Kier molecular flexibility index (Phi) is 1240000. The lowest BCUT2D eigenvalue weighted by Crippen LogP contribution is -0.482. The molecule has 0 heterocycles. The zero-order valence-corrected chi connectivity index (χ0v) is 6.69. The Hall–Kier alpha value is 0.340. The first-order chi connectivity index (χ1) is 0. The Balaban J connectivity index is 0. The summed E-state index contributed by atoms with van der Waals surface area (Å²) in [6, 6.07) is 0. The molecular weight excluding hydrogens is 155 g/mol. The number of rotatable bonds is 0. The molecule has 0 bridgehead atoms. The zero-order valence-electron chi connectivity index (χ0n) is 5.06. The molecule has 0 rings (SSSR count). The second-order valence-electron chi connectivity index (χ2n) is 0. The van der Waals surface area contributed by atoms with Crippen LogP contribution in [0.3, 0.4) is 0 Å². The van der Waals surface area contributed by atoms with Crippen LogP contribution in [0.1, 0.15) is 0 Å². The third-order valence-corrected chi connectivity index (χ3v) is 0. The predicted octanol–water partition coefficient (Wildman–Crippen LogP) is 1.82. The summed E-state index contributed by atoms with van der Waals surface area (Å²) in [6.07, 6.45) is 0. The molecule has 0 amide bonds. The molecule has 0 atom stereocenters. The van der Waals surface area contributed by atoms with Gasteiger partial charge < -0.3 is 36.9 Å². The van der Waals surface area contributed by atoms with Gasteiger partial charge in [0.25, 0.3) is 0 Å². The minimum atomic E-state index is 0. The van der Waals surface area contributed by atoms with E-state index in [9.17, 15) is 0 Å². The van der Waals surface area contributed by atoms with Crippen LogP contribution in [0.25, 0.3) is 0 Å². The molecule has 0 unspecified atom stereocenters. The average molecular weight is 175 g/mol. The van der Waals surface area contributed by atoms with Gasteiger partial charge in [0.05, 0.1) is 0 Å². The maximum absolute atomic E-state index is 0. The van der Waals surface area contributed by atoms with E-state index in [1.54, 1.807) is 0 Å². The van der Waals surface area contributed by atoms with Crippen LogP contribution in [-0.2, 0) is 0 Å². The van der Waals surface area contributed by atoms with E-state index >= 15 is 0 Å². The van der Waals surface area contributed by atoms with Crippen molar-refractivity contribution >= 4 is 24.8 Å². The van der Waals surface area contributed by atoms with Crippen molar-refractivity contribution in [3.8, 4) is 0 Å². The number of halogens is 2. The molecule has 0 radical (unpaired) electrons. The summed E-state index contributed by atoms with van der Waals surface area (Å²) in [7, 11) is 0. The first kappa shape index (κ1) is 3890. The van der Waals surface area contributed by atoms with Gasteiger partial charge in [-0.25, -0.2) is 0 Å². The molecular formula is H20Cl2N6. The molecule has 0 aliphatic carbocycles. The van der Waals surface area contributed by atoms with E-state index in [1.807, 2.05) is 0 Å². The molecule has 8 heavy (non-hydrogen) atoms. The third kappa shape index (κ3) is 1560. The standard InChI is InChI=1S/2ClH.6H3N/h2*1H;6*1H3. The van der Waals surface area contributed by atoms with Crippen LogP contribution in [0.4, 0.5) is 0 Å². The van der Waals surface area contributed by atoms with Gasteiger partial charge in [0.2, 0.25) is 0 Å². The Morgan fingerprint density at radius 1 is 0.250 bits per heavy atom. The van der Waals surface area contributed by atoms with Gasteiger partial charge in [-0.05, 0) is 0 Å². The summed E-state index contributed by atoms with van der Waals surface area (Å²) in [4.78, 5) is 0. The van der Waals surface area contributed by atoms with E-state index < -0.39 is 0 Å². The molecule has 0 spiro atoms. The monoisotopic (exact) mass is 174 g/mol. The Morgan fingerprint density at radius 3 is 0.250 bits per heavy atom. The summed E-state index contributed by atoms with van der Waals surface area (Å²) in [5.41, 5.74) is 0. The van der Waals surface area contributed by atoms with E-state index in [1.165, 1.54) is 0 Å². The van der Waals surface area contributed by atoms with Crippen LogP contribution >= 0.6 is 24.8 Å². The molecule has 0 aromatic carbocycles. The minimum absolute atomic E-state index is 0. The highest BCUT2D eigenvalue weighted by Gasteiger charge is -0.146. The zero-order chi connectivity index (χ0) is 0. The average Bonchev–Trinajstić information content (AvgIpc) is 0. The molecule has 0 fully saturated rings. The fourth-order valence-corrected chi connectivity index (χ4v) is 0. The molecule has 0 saturated heterocycles. The summed E-state index contributed by atoms with van der Waals surface area (Å²) < 4.78 is 0. The third-order valence-electron chi connectivity index (χ3n) is 0. The molecule has 0 aromatic heterocycles. The van der Waals surface area contributed by atoms with Gasteiger partial charge >= 0.3 is 0 Å². The Labute approximate surface area is 62.5 Å². The maximum Gasteiger partial charge on any atom is -0.147 e. The lowest BCUT2D eigenvalue weighted by atomic mass is 14.0. The van der Waals surface area contributed by atoms with Crippen molar-refractivity contribution in [3.05, 3.63) is 0 Å². The second-order valence-corrected chi connectivity index (χ2v) is 0. The fourth-order valence-electron chi connectivity index (χ4n) is 0. The molecule has 0 saturated carbocycles. The first-order valence-electron chi connectivity index (χ1n) is 0. The maximum atomic E-state index is 0. The van der Waals surface area contributed by atoms with E-state index in [0.717, 1.165) is 0 Å². The molecule has 64 valence electrons. The van der Waals surface area contributed by atoms with E-state index in [0.29, 0.717) is 0 Å². The van der Waals surface area contributed by atoms with Crippen molar-refractivity contribution in [1.29, 1.82) is 0 Å².